The smallest absolute Gasteiger partial charge is 0.145 e. The van der Waals surface area contributed by atoms with Crippen molar-refractivity contribution in [1.82, 2.24) is 9.55 Å². The summed E-state index contributed by atoms with van der Waals surface area (Å²) in [6, 6.07) is 62.9. The normalized spacial score (nSPS) is 13.1. The fourth-order valence-corrected chi connectivity index (χ4v) is 8.67. The molecule has 0 N–H and O–H groups in total. The van der Waals surface area contributed by atoms with E-state index in [1.807, 2.05) is 12.1 Å². The van der Waals surface area contributed by atoms with Gasteiger partial charge in [0.15, 0.2) is 0 Å². The van der Waals surface area contributed by atoms with E-state index in [0.29, 0.717) is 0 Å². The Morgan fingerprint density at radius 2 is 1.17 bits per heavy atom. The van der Waals surface area contributed by atoms with Crippen molar-refractivity contribution in [2.24, 2.45) is 0 Å². The molecule has 4 nitrogen and oxygen atoms in total. The van der Waals surface area contributed by atoms with Gasteiger partial charge in [-0.1, -0.05) is 105 Å². The number of rotatable bonds is 5. The maximum Gasteiger partial charge on any atom is 0.145 e. The molecule has 0 radical (unpaired) electrons. The first-order chi connectivity index (χ1) is 26.5. The van der Waals surface area contributed by atoms with Crippen LogP contribution in [-0.2, 0) is 5.41 Å². The van der Waals surface area contributed by atoms with Crippen LogP contribution in [-0.4, -0.2) is 9.55 Å². The third-order valence-corrected chi connectivity index (χ3v) is 11.3. The van der Waals surface area contributed by atoms with Gasteiger partial charge in [0.25, 0.3) is 0 Å². The van der Waals surface area contributed by atoms with Gasteiger partial charge in [-0.3, -0.25) is 4.57 Å². The van der Waals surface area contributed by atoms with E-state index in [4.69, 9.17) is 9.40 Å². The Morgan fingerprint density at radius 3 is 1.98 bits per heavy atom. The number of benzene rings is 8. The second-order valence-electron chi connectivity index (χ2n) is 14.9. The van der Waals surface area contributed by atoms with E-state index in [1.165, 1.54) is 33.0 Å². The molecule has 256 valence electrons. The summed E-state index contributed by atoms with van der Waals surface area (Å²) in [4.78, 5) is 7.64. The van der Waals surface area contributed by atoms with Gasteiger partial charge in [-0.2, -0.15) is 0 Å². The van der Waals surface area contributed by atoms with Crippen LogP contribution in [0.15, 0.2) is 180 Å². The number of furan rings is 1. The molecule has 1 aliphatic carbocycles. The minimum absolute atomic E-state index is 0.209. The van der Waals surface area contributed by atoms with E-state index < -0.39 is 0 Å². The number of anilines is 3. The van der Waals surface area contributed by atoms with Crippen molar-refractivity contribution >= 4 is 60.8 Å². The Balaban J connectivity index is 1.08. The summed E-state index contributed by atoms with van der Waals surface area (Å²) in [5, 5.41) is 4.66. The number of fused-ring (bicyclic) bond motifs is 8. The molecule has 1 aliphatic rings. The molecule has 0 aliphatic heterocycles. The number of hydrogen-bond acceptors (Lipinski definition) is 3. The molecule has 2 aromatic heterocycles. The van der Waals surface area contributed by atoms with Crippen LogP contribution in [0.25, 0.3) is 71.9 Å². The first-order valence-corrected chi connectivity index (χ1v) is 18.5. The molecule has 0 saturated heterocycles. The Hall–Kier alpha value is -6.91. The van der Waals surface area contributed by atoms with Crippen LogP contribution in [0.3, 0.4) is 0 Å². The second kappa shape index (κ2) is 11.5. The largest absolute Gasteiger partial charge is 0.456 e. The van der Waals surface area contributed by atoms with Crippen molar-refractivity contribution in [3.05, 3.63) is 187 Å². The van der Waals surface area contributed by atoms with Crippen molar-refractivity contribution in [3.8, 4) is 28.2 Å². The zero-order valence-corrected chi connectivity index (χ0v) is 30.0. The van der Waals surface area contributed by atoms with Crippen LogP contribution < -0.4 is 4.90 Å². The van der Waals surface area contributed by atoms with Crippen LogP contribution in [0.1, 0.15) is 25.0 Å². The topological polar surface area (TPSA) is 34.2 Å². The zero-order valence-electron chi connectivity index (χ0n) is 30.0. The van der Waals surface area contributed by atoms with Crippen LogP contribution in [0, 0.1) is 0 Å². The summed E-state index contributed by atoms with van der Waals surface area (Å²) in [6.45, 7) is 4.71. The summed E-state index contributed by atoms with van der Waals surface area (Å²) >= 11 is 0. The SMILES string of the molecule is CC1(C)c2cc3cc(N(c4ccccc4)c4ccc5oc6ccccc6c5c4)ccc3cc2-c2cc3c(cc21)nc(-c1ccccc1)n3-c1ccccc1. The number of aromatic nitrogens is 2. The minimum Gasteiger partial charge on any atom is -0.456 e. The highest BCUT2D eigenvalue weighted by atomic mass is 16.3. The molecule has 11 rings (SSSR count). The highest BCUT2D eigenvalue weighted by Gasteiger charge is 2.37. The van der Waals surface area contributed by atoms with Gasteiger partial charge in [0.2, 0.25) is 0 Å². The molecule has 0 atom stereocenters. The Morgan fingerprint density at radius 1 is 0.519 bits per heavy atom. The van der Waals surface area contributed by atoms with E-state index in [2.05, 4.69) is 187 Å². The molecule has 0 unspecified atom stereocenters. The summed E-state index contributed by atoms with van der Waals surface area (Å²) in [5.74, 6) is 0.952. The lowest BCUT2D eigenvalue weighted by Crippen LogP contribution is -2.15. The number of para-hydroxylation sites is 3. The first kappa shape index (κ1) is 30.7. The molecule has 8 aromatic carbocycles. The standard InChI is InChI=1S/C50H35N3O/c1-50(2)43-28-34-26-37(52(35-16-8-4-9-17-35)38-24-25-48-42(29-38)39-20-12-13-21-47(39)54-48)23-22-33(34)27-40(43)41-30-46-45(31-44(41)50)51-49(32-14-6-3-7-15-32)53(46)36-18-10-5-11-19-36/h3-31H,1-2H3. The lowest BCUT2D eigenvalue weighted by atomic mass is 9.81. The molecule has 0 amide bonds. The fourth-order valence-electron chi connectivity index (χ4n) is 8.67. The van der Waals surface area contributed by atoms with Crippen molar-refractivity contribution in [2.75, 3.05) is 4.90 Å². The van der Waals surface area contributed by atoms with Crippen molar-refractivity contribution in [3.63, 3.8) is 0 Å². The van der Waals surface area contributed by atoms with E-state index in [0.717, 1.165) is 67.1 Å². The molecular weight excluding hydrogens is 659 g/mol. The van der Waals surface area contributed by atoms with Crippen LogP contribution in [0.5, 0.6) is 0 Å². The molecule has 0 bridgehead atoms. The van der Waals surface area contributed by atoms with Gasteiger partial charge in [-0.05, 0) is 118 Å². The average Bonchev–Trinajstić information content (AvgIpc) is 3.85. The molecule has 0 spiro atoms. The number of nitrogens with zero attached hydrogens (tertiary/aromatic N) is 3. The molecule has 0 fully saturated rings. The predicted octanol–water partition coefficient (Wildman–Crippen LogP) is 13.5. The van der Waals surface area contributed by atoms with E-state index in [1.54, 1.807) is 0 Å². The van der Waals surface area contributed by atoms with Crippen molar-refractivity contribution in [2.45, 2.75) is 19.3 Å². The average molecular weight is 694 g/mol. The van der Waals surface area contributed by atoms with Gasteiger partial charge in [0, 0.05) is 44.5 Å². The predicted molar refractivity (Wildman–Crippen MR) is 224 cm³/mol. The van der Waals surface area contributed by atoms with Crippen LogP contribution in [0.4, 0.5) is 17.1 Å². The Bertz CT molecular complexity index is 3070. The third-order valence-electron chi connectivity index (χ3n) is 11.3. The van der Waals surface area contributed by atoms with Gasteiger partial charge in [0.05, 0.1) is 11.0 Å². The monoisotopic (exact) mass is 693 g/mol. The molecular formula is C50H35N3O. The second-order valence-corrected chi connectivity index (χ2v) is 14.9. The Kier molecular flexibility index (Phi) is 6.56. The lowest BCUT2D eigenvalue weighted by molar-refractivity contribution is 0.662. The molecule has 2 heterocycles. The number of hydrogen-bond donors (Lipinski definition) is 0. The van der Waals surface area contributed by atoms with E-state index >= 15 is 0 Å². The molecule has 10 aromatic rings. The minimum atomic E-state index is -0.209. The van der Waals surface area contributed by atoms with Gasteiger partial charge < -0.3 is 9.32 Å². The summed E-state index contributed by atoms with van der Waals surface area (Å²) in [7, 11) is 0. The van der Waals surface area contributed by atoms with Crippen molar-refractivity contribution in [1.29, 1.82) is 0 Å². The van der Waals surface area contributed by atoms with Gasteiger partial charge >= 0.3 is 0 Å². The quantitative estimate of drug-likeness (QED) is 0.180. The highest BCUT2D eigenvalue weighted by Crippen LogP contribution is 2.52. The van der Waals surface area contributed by atoms with Crippen LogP contribution >= 0.6 is 0 Å². The Labute approximate surface area is 313 Å². The lowest BCUT2D eigenvalue weighted by Gasteiger charge is -2.26. The van der Waals surface area contributed by atoms with Gasteiger partial charge in [0.1, 0.15) is 17.0 Å². The zero-order chi connectivity index (χ0) is 36.0. The molecule has 0 saturated carbocycles. The third kappa shape index (κ3) is 4.60. The summed E-state index contributed by atoms with van der Waals surface area (Å²) < 4.78 is 8.51. The molecule has 4 heteroatoms. The van der Waals surface area contributed by atoms with E-state index in [9.17, 15) is 0 Å². The van der Waals surface area contributed by atoms with Gasteiger partial charge in [-0.25, -0.2) is 4.98 Å². The maximum absolute atomic E-state index is 6.20. The maximum atomic E-state index is 6.20. The number of imidazole rings is 1. The van der Waals surface area contributed by atoms with Crippen LogP contribution in [0.2, 0.25) is 0 Å². The highest BCUT2D eigenvalue weighted by molar-refractivity contribution is 6.07. The van der Waals surface area contributed by atoms with E-state index in [-0.39, 0.29) is 5.41 Å². The molecule has 54 heavy (non-hydrogen) atoms. The summed E-state index contributed by atoms with van der Waals surface area (Å²) in [5.41, 5.74) is 14.4. The van der Waals surface area contributed by atoms with Gasteiger partial charge in [-0.15, -0.1) is 0 Å². The fraction of sp³-hybridized carbons (Fsp3) is 0.0600. The summed E-state index contributed by atoms with van der Waals surface area (Å²) in [6.07, 6.45) is 0. The first-order valence-electron chi connectivity index (χ1n) is 18.5. The van der Waals surface area contributed by atoms with Crippen molar-refractivity contribution < 1.29 is 4.42 Å².